The van der Waals surface area contributed by atoms with Crippen LogP contribution in [0.25, 0.3) is 0 Å². The van der Waals surface area contributed by atoms with Crippen LogP contribution in [0.15, 0.2) is 30.3 Å². The third-order valence-electron chi connectivity index (χ3n) is 3.94. The van der Waals surface area contributed by atoms with Gasteiger partial charge in [-0.1, -0.05) is 51.1 Å². The zero-order valence-electron chi connectivity index (χ0n) is 12.3. The van der Waals surface area contributed by atoms with E-state index in [1.807, 2.05) is 51.1 Å². The molecule has 18 heavy (non-hydrogen) atoms. The zero-order valence-corrected chi connectivity index (χ0v) is 12.3. The first kappa shape index (κ1) is 14.7. The molecule has 2 heteroatoms. The lowest BCUT2D eigenvalue weighted by Gasteiger charge is -2.37. The molecule has 1 rings (SSSR count). The SMILES string of the molecule is CC(OC(=O)C(C)(C)C(C)(C)C)c1ccccc1. The van der Waals surface area contributed by atoms with Gasteiger partial charge in [0.05, 0.1) is 5.41 Å². The Morgan fingerprint density at radius 1 is 1.06 bits per heavy atom. The number of hydrogen-bond donors (Lipinski definition) is 0. The maximum absolute atomic E-state index is 12.3. The molecule has 0 fully saturated rings. The van der Waals surface area contributed by atoms with Crippen molar-refractivity contribution in [3.8, 4) is 0 Å². The molecule has 0 radical (unpaired) electrons. The standard InChI is InChI=1S/C16H24O2/c1-12(13-10-8-7-9-11-13)18-14(17)16(5,6)15(2,3)4/h7-12H,1-6H3. The molecule has 0 aliphatic carbocycles. The maximum Gasteiger partial charge on any atom is 0.312 e. The Hall–Kier alpha value is -1.31. The van der Waals surface area contributed by atoms with Crippen molar-refractivity contribution in [1.82, 2.24) is 0 Å². The van der Waals surface area contributed by atoms with Gasteiger partial charge in [0.2, 0.25) is 0 Å². The van der Waals surface area contributed by atoms with Gasteiger partial charge in [-0.3, -0.25) is 4.79 Å². The molecule has 0 amide bonds. The van der Waals surface area contributed by atoms with Gasteiger partial charge in [0.1, 0.15) is 6.10 Å². The largest absolute Gasteiger partial charge is 0.457 e. The molecule has 0 heterocycles. The maximum atomic E-state index is 12.3. The minimum absolute atomic E-state index is 0.125. The summed E-state index contributed by atoms with van der Waals surface area (Å²) < 4.78 is 5.59. The minimum atomic E-state index is -0.504. The van der Waals surface area contributed by atoms with Gasteiger partial charge in [0, 0.05) is 0 Å². The van der Waals surface area contributed by atoms with Gasteiger partial charge in [0.25, 0.3) is 0 Å². The van der Waals surface area contributed by atoms with Crippen molar-refractivity contribution in [2.45, 2.75) is 47.6 Å². The number of rotatable bonds is 3. The van der Waals surface area contributed by atoms with Crippen molar-refractivity contribution in [3.05, 3.63) is 35.9 Å². The van der Waals surface area contributed by atoms with Crippen molar-refractivity contribution < 1.29 is 9.53 Å². The van der Waals surface area contributed by atoms with Crippen molar-refractivity contribution >= 4 is 5.97 Å². The van der Waals surface area contributed by atoms with Crippen LogP contribution in [0.2, 0.25) is 0 Å². The lowest BCUT2D eigenvalue weighted by molar-refractivity contribution is -0.165. The van der Waals surface area contributed by atoms with Crippen LogP contribution in [0, 0.1) is 10.8 Å². The Kier molecular flexibility index (Phi) is 4.20. The summed E-state index contributed by atoms with van der Waals surface area (Å²) in [6, 6.07) is 9.81. The molecule has 0 aromatic heterocycles. The lowest BCUT2D eigenvalue weighted by atomic mass is 9.69. The molecule has 0 saturated carbocycles. The summed E-state index contributed by atoms with van der Waals surface area (Å²) in [6.07, 6.45) is -0.208. The second-order valence-electron chi connectivity index (χ2n) is 6.33. The predicted octanol–water partition coefficient (Wildman–Crippen LogP) is 4.36. The molecule has 0 spiro atoms. The van der Waals surface area contributed by atoms with Gasteiger partial charge in [-0.2, -0.15) is 0 Å². The molecule has 0 aliphatic rings. The van der Waals surface area contributed by atoms with E-state index in [1.54, 1.807) is 0 Å². The Labute approximate surface area is 110 Å². The average Bonchev–Trinajstić information content (AvgIpc) is 2.28. The average molecular weight is 248 g/mol. The number of hydrogen-bond acceptors (Lipinski definition) is 2. The van der Waals surface area contributed by atoms with E-state index in [0.29, 0.717) is 0 Å². The Morgan fingerprint density at radius 2 is 1.56 bits per heavy atom. The van der Waals surface area contributed by atoms with E-state index in [0.717, 1.165) is 5.56 Å². The molecule has 1 aromatic rings. The fraction of sp³-hybridized carbons (Fsp3) is 0.562. The number of ether oxygens (including phenoxy) is 1. The molecule has 0 aliphatic heterocycles. The quantitative estimate of drug-likeness (QED) is 0.743. The zero-order chi connectivity index (χ0) is 14.0. The normalized spacial score (nSPS) is 14.1. The summed E-state index contributed by atoms with van der Waals surface area (Å²) in [5, 5.41) is 0. The van der Waals surface area contributed by atoms with Crippen LogP contribution >= 0.6 is 0 Å². The van der Waals surface area contributed by atoms with E-state index >= 15 is 0 Å². The first-order valence-electron chi connectivity index (χ1n) is 6.42. The molecule has 0 bridgehead atoms. The third kappa shape index (κ3) is 3.12. The van der Waals surface area contributed by atoms with Crippen LogP contribution in [0.3, 0.4) is 0 Å². The van der Waals surface area contributed by atoms with Crippen LogP contribution in [0.4, 0.5) is 0 Å². The van der Waals surface area contributed by atoms with Gasteiger partial charge < -0.3 is 4.74 Å². The van der Waals surface area contributed by atoms with Gasteiger partial charge >= 0.3 is 5.97 Å². The molecular formula is C16H24O2. The van der Waals surface area contributed by atoms with E-state index in [1.165, 1.54) is 0 Å². The van der Waals surface area contributed by atoms with E-state index in [9.17, 15) is 4.79 Å². The summed E-state index contributed by atoms with van der Waals surface area (Å²) in [6.45, 7) is 12.0. The highest BCUT2D eigenvalue weighted by atomic mass is 16.5. The van der Waals surface area contributed by atoms with E-state index in [-0.39, 0.29) is 17.5 Å². The number of esters is 1. The van der Waals surface area contributed by atoms with Gasteiger partial charge in [-0.15, -0.1) is 0 Å². The van der Waals surface area contributed by atoms with Crippen molar-refractivity contribution in [1.29, 1.82) is 0 Å². The number of carbonyl (C=O) groups is 1. The molecule has 1 atom stereocenters. The Morgan fingerprint density at radius 3 is 2.00 bits per heavy atom. The van der Waals surface area contributed by atoms with Crippen LogP contribution in [-0.2, 0) is 9.53 Å². The highest BCUT2D eigenvalue weighted by Gasteiger charge is 2.41. The van der Waals surface area contributed by atoms with Crippen LogP contribution < -0.4 is 0 Å². The molecule has 0 saturated heterocycles. The van der Waals surface area contributed by atoms with E-state index < -0.39 is 5.41 Å². The molecular weight excluding hydrogens is 224 g/mol. The van der Waals surface area contributed by atoms with Crippen molar-refractivity contribution in [3.63, 3.8) is 0 Å². The summed E-state index contributed by atoms with van der Waals surface area (Å²) >= 11 is 0. The minimum Gasteiger partial charge on any atom is -0.457 e. The summed E-state index contributed by atoms with van der Waals surface area (Å²) in [7, 11) is 0. The molecule has 0 N–H and O–H groups in total. The molecule has 1 aromatic carbocycles. The highest BCUT2D eigenvalue weighted by Crippen LogP contribution is 2.39. The number of carbonyl (C=O) groups excluding carboxylic acids is 1. The highest BCUT2D eigenvalue weighted by molar-refractivity contribution is 5.77. The second-order valence-corrected chi connectivity index (χ2v) is 6.33. The fourth-order valence-corrected chi connectivity index (χ4v) is 1.41. The topological polar surface area (TPSA) is 26.3 Å². The molecule has 100 valence electrons. The van der Waals surface area contributed by atoms with Crippen molar-refractivity contribution in [2.75, 3.05) is 0 Å². The van der Waals surface area contributed by atoms with Crippen LogP contribution in [-0.4, -0.2) is 5.97 Å². The fourth-order valence-electron chi connectivity index (χ4n) is 1.41. The van der Waals surface area contributed by atoms with Gasteiger partial charge in [-0.05, 0) is 31.7 Å². The van der Waals surface area contributed by atoms with Gasteiger partial charge in [-0.25, -0.2) is 0 Å². The van der Waals surface area contributed by atoms with E-state index in [2.05, 4.69) is 20.8 Å². The first-order valence-corrected chi connectivity index (χ1v) is 6.42. The molecule has 1 unspecified atom stereocenters. The second kappa shape index (κ2) is 5.13. The smallest absolute Gasteiger partial charge is 0.312 e. The Bertz CT molecular complexity index is 399. The Balaban J connectivity index is 2.78. The van der Waals surface area contributed by atoms with E-state index in [4.69, 9.17) is 4.74 Å². The summed E-state index contributed by atoms with van der Waals surface area (Å²) in [5.74, 6) is -0.147. The summed E-state index contributed by atoms with van der Waals surface area (Å²) in [4.78, 5) is 12.3. The lowest BCUT2D eigenvalue weighted by Crippen LogP contribution is -2.39. The van der Waals surface area contributed by atoms with Crippen LogP contribution in [0.1, 0.15) is 53.2 Å². The monoisotopic (exact) mass is 248 g/mol. The molecule has 2 nitrogen and oxygen atoms in total. The van der Waals surface area contributed by atoms with Crippen LogP contribution in [0.5, 0.6) is 0 Å². The third-order valence-corrected chi connectivity index (χ3v) is 3.94. The first-order chi connectivity index (χ1) is 8.16. The number of benzene rings is 1. The van der Waals surface area contributed by atoms with Crippen molar-refractivity contribution in [2.24, 2.45) is 10.8 Å². The predicted molar refractivity (Wildman–Crippen MR) is 74.2 cm³/mol. The van der Waals surface area contributed by atoms with Gasteiger partial charge in [0.15, 0.2) is 0 Å². The summed E-state index contributed by atoms with van der Waals surface area (Å²) in [5.41, 5.74) is 0.395.